The Bertz CT molecular complexity index is 543. The number of carbonyl (C=O) groups excluding carboxylic acids is 1. The molecule has 6 nitrogen and oxygen atoms in total. The van der Waals surface area contributed by atoms with Crippen molar-refractivity contribution in [1.29, 1.82) is 0 Å². The van der Waals surface area contributed by atoms with E-state index in [4.69, 9.17) is 0 Å². The van der Waals surface area contributed by atoms with Gasteiger partial charge in [-0.2, -0.15) is 0 Å². The summed E-state index contributed by atoms with van der Waals surface area (Å²) >= 11 is 1.41. The van der Waals surface area contributed by atoms with Crippen molar-refractivity contribution >= 4 is 22.5 Å². The SMILES string of the molecule is CCCc1nnc(NC(=O)NCCc2ccncc2)s1. The van der Waals surface area contributed by atoms with Gasteiger partial charge in [-0.3, -0.25) is 10.3 Å². The molecule has 2 N–H and O–H groups in total. The van der Waals surface area contributed by atoms with Gasteiger partial charge in [-0.05, 0) is 30.5 Å². The van der Waals surface area contributed by atoms with E-state index in [1.165, 1.54) is 11.3 Å². The molecule has 0 aliphatic heterocycles. The molecule has 106 valence electrons. The van der Waals surface area contributed by atoms with Crippen LogP contribution in [0.25, 0.3) is 0 Å². The lowest BCUT2D eigenvalue weighted by molar-refractivity contribution is 0.252. The number of rotatable bonds is 6. The maximum Gasteiger partial charge on any atom is 0.321 e. The minimum atomic E-state index is -0.252. The molecule has 2 rings (SSSR count). The van der Waals surface area contributed by atoms with Crippen LogP contribution in [0.2, 0.25) is 0 Å². The highest BCUT2D eigenvalue weighted by Gasteiger charge is 2.06. The molecule has 0 fully saturated rings. The van der Waals surface area contributed by atoms with Crippen molar-refractivity contribution in [2.45, 2.75) is 26.2 Å². The molecule has 20 heavy (non-hydrogen) atoms. The molecule has 2 heterocycles. The molecule has 0 spiro atoms. The Hall–Kier alpha value is -2.02. The second-order valence-electron chi connectivity index (χ2n) is 4.24. The molecular formula is C13H17N5OS. The van der Waals surface area contributed by atoms with Crippen LogP contribution < -0.4 is 10.6 Å². The molecule has 0 unspecified atom stereocenters. The fourth-order valence-electron chi connectivity index (χ4n) is 1.63. The van der Waals surface area contributed by atoms with E-state index in [1.54, 1.807) is 12.4 Å². The van der Waals surface area contributed by atoms with Crippen molar-refractivity contribution in [3.05, 3.63) is 35.1 Å². The molecule has 0 saturated carbocycles. The van der Waals surface area contributed by atoms with Gasteiger partial charge in [-0.15, -0.1) is 10.2 Å². The minimum absolute atomic E-state index is 0.252. The summed E-state index contributed by atoms with van der Waals surface area (Å²) < 4.78 is 0. The van der Waals surface area contributed by atoms with E-state index in [2.05, 4.69) is 32.7 Å². The lowest BCUT2D eigenvalue weighted by Gasteiger charge is -2.04. The Morgan fingerprint density at radius 1 is 1.25 bits per heavy atom. The van der Waals surface area contributed by atoms with Crippen molar-refractivity contribution < 1.29 is 4.79 Å². The number of pyridine rings is 1. The number of hydrogen-bond donors (Lipinski definition) is 2. The minimum Gasteiger partial charge on any atom is -0.337 e. The molecule has 2 aromatic heterocycles. The monoisotopic (exact) mass is 291 g/mol. The molecule has 2 aromatic rings. The summed E-state index contributed by atoms with van der Waals surface area (Å²) in [5.74, 6) is 0. The first-order chi connectivity index (χ1) is 9.78. The first-order valence-electron chi connectivity index (χ1n) is 6.54. The first kappa shape index (κ1) is 14.4. The maximum absolute atomic E-state index is 11.7. The molecule has 7 heteroatoms. The van der Waals surface area contributed by atoms with Crippen LogP contribution in [-0.2, 0) is 12.8 Å². The van der Waals surface area contributed by atoms with Crippen LogP contribution >= 0.6 is 11.3 Å². The Labute approximate surface area is 121 Å². The summed E-state index contributed by atoms with van der Waals surface area (Å²) in [4.78, 5) is 15.6. The number of hydrogen-bond acceptors (Lipinski definition) is 5. The fourth-order valence-corrected chi connectivity index (χ4v) is 2.47. The third-order valence-electron chi connectivity index (χ3n) is 2.60. The van der Waals surface area contributed by atoms with E-state index in [-0.39, 0.29) is 6.03 Å². The summed E-state index contributed by atoms with van der Waals surface area (Å²) in [6.07, 6.45) is 6.17. The predicted octanol–water partition coefficient (Wildman–Crippen LogP) is 2.25. The number of aromatic nitrogens is 3. The molecule has 0 aliphatic rings. The zero-order chi connectivity index (χ0) is 14.2. The maximum atomic E-state index is 11.7. The second-order valence-corrected chi connectivity index (χ2v) is 5.30. The summed E-state index contributed by atoms with van der Waals surface area (Å²) in [5.41, 5.74) is 1.14. The average Bonchev–Trinajstić information content (AvgIpc) is 2.88. The van der Waals surface area contributed by atoms with Gasteiger partial charge in [0.15, 0.2) is 0 Å². The van der Waals surface area contributed by atoms with Crippen LogP contribution in [0.3, 0.4) is 0 Å². The van der Waals surface area contributed by atoms with Crippen molar-refractivity contribution in [2.24, 2.45) is 0 Å². The van der Waals surface area contributed by atoms with E-state index in [0.29, 0.717) is 11.7 Å². The number of nitrogens with one attached hydrogen (secondary N) is 2. The molecule has 0 saturated heterocycles. The van der Waals surface area contributed by atoms with Gasteiger partial charge >= 0.3 is 6.03 Å². The number of anilines is 1. The number of nitrogens with zero attached hydrogens (tertiary/aromatic N) is 3. The fraction of sp³-hybridized carbons (Fsp3) is 0.385. The van der Waals surface area contributed by atoms with Gasteiger partial charge in [0, 0.05) is 25.4 Å². The van der Waals surface area contributed by atoms with E-state index >= 15 is 0 Å². The van der Waals surface area contributed by atoms with Crippen LogP contribution in [0.1, 0.15) is 23.9 Å². The number of aryl methyl sites for hydroxylation is 1. The third kappa shape index (κ3) is 4.58. The molecule has 0 bridgehead atoms. The Morgan fingerprint density at radius 2 is 2.05 bits per heavy atom. The van der Waals surface area contributed by atoms with Gasteiger partial charge < -0.3 is 5.32 Å². The number of carbonyl (C=O) groups is 1. The summed E-state index contributed by atoms with van der Waals surface area (Å²) in [5, 5.41) is 14.9. The number of urea groups is 1. The van der Waals surface area contributed by atoms with Gasteiger partial charge in [0.1, 0.15) is 5.01 Å². The van der Waals surface area contributed by atoms with Crippen LogP contribution in [0.15, 0.2) is 24.5 Å². The first-order valence-corrected chi connectivity index (χ1v) is 7.35. The van der Waals surface area contributed by atoms with Crippen molar-refractivity contribution in [3.8, 4) is 0 Å². The van der Waals surface area contributed by atoms with Gasteiger partial charge in [0.2, 0.25) is 5.13 Å². The van der Waals surface area contributed by atoms with Gasteiger partial charge in [-0.25, -0.2) is 4.79 Å². The largest absolute Gasteiger partial charge is 0.337 e. The zero-order valence-corrected chi connectivity index (χ0v) is 12.1. The van der Waals surface area contributed by atoms with Gasteiger partial charge in [0.25, 0.3) is 0 Å². The topological polar surface area (TPSA) is 79.8 Å². The zero-order valence-electron chi connectivity index (χ0n) is 11.3. The molecule has 0 aromatic carbocycles. The molecule has 0 radical (unpaired) electrons. The highest BCUT2D eigenvalue weighted by molar-refractivity contribution is 7.15. The lowest BCUT2D eigenvalue weighted by Crippen LogP contribution is -2.30. The number of amides is 2. The third-order valence-corrected chi connectivity index (χ3v) is 3.50. The molecule has 0 atom stereocenters. The Kier molecular flexibility index (Phi) is 5.43. The smallest absolute Gasteiger partial charge is 0.321 e. The van der Waals surface area contributed by atoms with Gasteiger partial charge in [-0.1, -0.05) is 18.3 Å². The van der Waals surface area contributed by atoms with Gasteiger partial charge in [0.05, 0.1) is 0 Å². The highest BCUT2D eigenvalue weighted by atomic mass is 32.1. The van der Waals surface area contributed by atoms with E-state index in [9.17, 15) is 4.79 Å². The van der Waals surface area contributed by atoms with Crippen molar-refractivity contribution in [3.63, 3.8) is 0 Å². The normalized spacial score (nSPS) is 10.2. The second kappa shape index (κ2) is 7.54. The lowest BCUT2D eigenvalue weighted by atomic mass is 10.2. The Morgan fingerprint density at radius 3 is 2.80 bits per heavy atom. The van der Waals surface area contributed by atoms with Crippen LogP contribution in [-0.4, -0.2) is 27.8 Å². The van der Waals surface area contributed by atoms with E-state index in [0.717, 1.165) is 29.8 Å². The molecular weight excluding hydrogens is 274 g/mol. The predicted molar refractivity (Wildman–Crippen MR) is 78.9 cm³/mol. The van der Waals surface area contributed by atoms with E-state index < -0.39 is 0 Å². The highest BCUT2D eigenvalue weighted by Crippen LogP contribution is 2.16. The summed E-state index contributed by atoms with van der Waals surface area (Å²) in [6, 6.07) is 3.61. The van der Waals surface area contributed by atoms with Crippen molar-refractivity contribution in [2.75, 3.05) is 11.9 Å². The van der Waals surface area contributed by atoms with Crippen LogP contribution in [0, 0.1) is 0 Å². The van der Waals surface area contributed by atoms with Crippen LogP contribution in [0.4, 0.5) is 9.93 Å². The summed E-state index contributed by atoms with van der Waals surface area (Å²) in [6.45, 7) is 2.65. The molecule has 2 amide bonds. The van der Waals surface area contributed by atoms with Crippen molar-refractivity contribution in [1.82, 2.24) is 20.5 Å². The average molecular weight is 291 g/mol. The van der Waals surface area contributed by atoms with Crippen LogP contribution in [0.5, 0.6) is 0 Å². The summed E-state index contributed by atoms with van der Waals surface area (Å²) in [7, 11) is 0. The quantitative estimate of drug-likeness (QED) is 0.855. The Balaban J connectivity index is 1.72. The van der Waals surface area contributed by atoms with E-state index in [1.807, 2.05) is 12.1 Å². The molecule has 0 aliphatic carbocycles. The standard InChI is InChI=1S/C13H17N5OS/c1-2-3-11-17-18-13(20-11)16-12(19)15-9-6-10-4-7-14-8-5-10/h4-5,7-8H,2-3,6,9H2,1H3,(H2,15,16,18,19).